The number of hydrogen-bond acceptors (Lipinski definition) is 5. The highest BCUT2D eigenvalue weighted by Gasteiger charge is 2.22. The average molecular weight is 367 g/mol. The monoisotopic (exact) mass is 367 g/mol. The molecular weight excluding hydrogens is 346 g/mol. The van der Waals surface area contributed by atoms with Crippen LogP contribution in [0, 0.1) is 0 Å². The van der Waals surface area contributed by atoms with E-state index in [1.165, 1.54) is 11.3 Å². The lowest BCUT2D eigenvalue weighted by molar-refractivity contribution is 0.0921. The van der Waals surface area contributed by atoms with Crippen LogP contribution >= 0.6 is 11.3 Å². The summed E-state index contributed by atoms with van der Waals surface area (Å²) >= 11 is 1.46. The van der Waals surface area contributed by atoms with E-state index in [9.17, 15) is 4.79 Å². The van der Waals surface area contributed by atoms with Crippen LogP contribution in [0.2, 0.25) is 0 Å². The maximum Gasteiger partial charge on any atom is 0.270 e. The molecule has 0 unspecified atom stereocenters. The van der Waals surface area contributed by atoms with Crippen LogP contribution in [0.25, 0.3) is 16.3 Å². The van der Waals surface area contributed by atoms with Gasteiger partial charge in [-0.1, -0.05) is 18.2 Å². The fourth-order valence-corrected chi connectivity index (χ4v) is 3.96. The van der Waals surface area contributed by atoms with Gasteiger partial charge in [-0.15, -0.1) is 11.3 Å². The van der Waals surface area contributed by atoms with E-state index in [1.807, 2.05) is 41.2 Å². The predicted molar refractivity (Wildman–Crippen MR) is 102 cm³/mol. The van der Waals surface area contributed by atoms with Crippen LogP contribution < -0.4 is 11.1 Å². The summed E-state index contributed by atoms with van der Waals surface area (Å²) in [6, 6.07) is 10.4. The third kappa shape index (κ3) is 3.68. The molecule has 6 nitrogen and oxygen atoms in total. The summed E-state index contributed by atoms with van der Waals surface area (Å²) < 4.78 is 1.81. The van der Waals surface area contributed by atoms with Crippen molar-refractivity contribution in [3.8, 4) is 16.3 Å². The van der Waals surface area contributed by atoms with Crippen LogP contribution in [0.1, 0.15) is 36.2 Å². The molecule has 0 radical (unpaired) electrons. The Balaban J connectivity index is 1.45. The number of nitrogens with zero attached hydrogens (tertiary/aromatic N) is 3. The Morgan fingerprint density at radius 2 is 1.96 bits per heavy atom. The summed E-state index contributed by atoms with van der Waals surface area (Å²) in [5, 5.41) is 10.1. The molecule has 7 heteroatoms. The van der Waals surface area contributed by atoms with E-state index in [4.69, 9.17) is 5.73 Å². The molecule has 1 aliphatic carbocycles. The average Bonchev–Trinajstić information content (AvgIpc) is 3.34. The Morgan fingerprint density at radius 3 is 2.73 bits per heavy atom. The summed E-state index contributed by atoms with van der Waals surface area (Å²) in [6.45, 7) is 0. The smallest absolute Gasteiger partial charge is 0.270 e. The quantitative estimate of drug-likeness (QED) is 0.742. The Morgan fingerprint density at radius 1 is 1.19 bits per heavy atom. The number of rotatable bonds is 4. The largest absolute Gasteiger partial charge is 0.348 e. The molecule has 3 N–H and O–H groups in total. The number of carbonyl (C=O) groups is 1. The van der Waals surface area contributed by atoms with Crippen molar-refractivity contribution in [3.63, 3.8) is 0 Å². The molecule has 134 valence electrons. The minimum Gasteiger partial charge on any atom is -0.348 e. The molecule has 0 bridgehead atoms. The summed E-state index contributed by atoms with van der Waals surface area (Å²) in [7, 11) is 0. The van der Waals surface area contributed by atoms with E-state index in [0.717, 1.165) is 41.9 Å². The molecule has 1 fully saturated rings. The SMILES string of the molecule is NC1CCC(NC(=O)c2csc(-c3cnn(-c4ccccc4)c3)n2)CC1. The van der Waals surface area contributed by atoms with Crippen molar-refractivity contribution in [2.45, 2.75) is 37.8 Å². The van der Waals surface area contributed by atoms with Gasteiger partial charge in [0.15, 0.2) is 0 Å². The minimum atomic E-state index is -0.108. The van der Waals surface area contributed by atoms with Gasteiger partial charge in [0.05, 0.1) is 11.9 Å². The first-order valence-corrected chi connectivity index (χ1v) is 9.69. The zero-order valence-electron chi connectivity index (χ0n) is 14.3. The zero-order valence-corrected chi connectivity index (χ0v) is 15.2. The van der Waals surface area contributed by atoms with Crippen molar-refractivity contribution >= 4 is 17.2 Å². The van der Waals surface area contributed by atoms with Crippen LogP contribution in [0.15, 0.2) is 48.1 Å². The topological polar surface area (TPSA) is 85.8 Å². The highest BCUT2D eigenvalue weighted by molar-refractivity contribution is 7.13. The molecule has 0 aliphatic heterocycles. The highest BCUT2D eigenvalue weighted by Crippen LogP contribution is 2.25. The number of nitrogens with two attached hydrogens (primary N) is 1. The molecular formula is C19H21N5OS. The van der Waals surface area contributed by atoms with E-state index in [2.05, 4.69) is 15.4 Å². The molecule has 4 rings (SSSR count). The molecule has 1 aromatic carbocycles. The first-order valence-electron chi connectivity index (χ1n) is 8.81. The number of aromatic nitrogens is 3. The maximum atomic E-state index is 12.4. The Kier molecular flexibility index (Phi) is 4.81. The number of benzene rings is 1. The second-order valence-corrected chi connectivity index (χ2v) is 7.49. The Hall–Kier alpha value is -2.51. The molecule has 2 heterocycles. The lowest BCUT2D eigenvalue weighted by Gasteiger charge is -2.26. The van der Waals surface area contributed by atoms with Gasteiger partial charge in [-0.25, -0.2) is 9.67 Å². The molecule has 0 saturated heterocycles. The number of hydrogen-bond donors (Lipinski definition) is 2. The van der Waals surface area contributed by atoms with Gasteiger partial charge in [0.1, 0.15) is 10.7 Å². The first-order chi connectivity index (χ1) is 12.7. The first kappa shape index (κ1) is 16.9. The molecule has 1 saturated carbocycles. The number of carbonyl (C=O) groups excluding carboxylic acids is 1. The Labute approximate surface area is 156 Å². The third-order valence-electron chi connectivity index (χ3n) is 4.69. The van der Waals surface area contributed by atoms with Crippen LogP contribution in [0.3, 0.4) is 0 Å². The van der Waals surface area contributed by atoms with Gasteiger partial charge in [-0.3, -0.25) is 4.79 Å². The van der Waals surface area contributed by atoms with Crippen LogP contribution in [0.4, 0.5) is 0 Å². The van der Waals surface area contributed by atoms with E-state index in [0.29, 0.717) is 5.69 Å². The number of thiazole rings is 1. The molecule has 0 spiro atoms. The molecule has 26 heavy (non-hydrogen) atoms. The zero-order chi connectivity index (χ0) is 17.9. The second-order valence-electron chi connectivity index (χ2n) is 6.63. The molecule has 1 amide bonds. The normalized spacial score (nSPS) is 20.0. The third-order valence-corrected chi connectivity index (χ3v) is 5.59. The van der Waals surface area contributed by atoms with Crippen molar-refractivity contribution in [1.82, 2.24) is 20.1 Å². The number of nitrogens with one attached hydrogen (secondary N) is 1. The summed E-state index contributed by atoms with van der Waals surface area (Å²) in [5.41, 5.74) is 8.28. The predicted octanol–water partition coefficient (Wildman–Crippen LogP) is 3.00. The van der Waals surface area contributed by atoms with E-state index < -0.39 is 0 Å². The fourth-order valence-electron chi connectivity index (χ4n) is 3.19. The van der Waals surface area contributed by atoms with Gasteiger partial charge in [-0.2, -0.15) is 5.10 Å². The van der Waals surface area contributed by atoms with Gasteiger partial charge >= 0.3 is 0 Å². The van der Waals surface area contributed by atoms with Gasteiger partial charge in [0, 0.05) is 29.2 Å². The van der Waals surface area contributed by atoms with Crippen molar-refractivity contribution in [1.29, 1.82) is 0 Å². The number of amides is 1. The van der Waals surface area contributed by atoms with Gasteiger partial charge in [0.25, 0.3) is 5.91 Å². The highest BCUT2D eigenvalue weighted by atomic mass is 32.1. The molecule has 2 aromatic heterocycles. The molecule has 0 atom stereocenters. The minimum absolute atomic E-state index is 0.108. The van der Waals surface area contributed by atoms with Crippen LogP contribution in [-0.4, -0.2) is 32.8 Å². The molecule has 3 aromatic rings. The van der Waals surface area contributed by atoms with E-state index >= 15 is 0 Å². The van der Waals surface area contributed by atoms with Crippen molar-refractivity contribution in [2.75, 3.05) is 0 Å². The van der Waals surface area contributed by atoms with Crippen molar-refractivity contribution < 1.29 is 4.79 Å². The van der Waals surface area contributed by atoms with Gasteiger partial charge in [0.2, 0.25) is 0 Å². The van der Waals surface area contributed by atoms with Crippen molar-refractivity contribution in [2.24, 2.45) is 5.73 Å². The summed E-state index contributed by atoms with van der Waals surface area (Å²) in [5.74, 6) is -0.108. The van der Waals surface area contributed by atoms with E-state index in [-0.39, 0.29) is 18.0 Å². The summed E-state index contributed by atoms with van der Waals surface area (Å²) in [4.78, 5) is 16.9. The van der Waals surface area contributed by atoms with Gasteiger partial charge < -0.3 is 11.1 Å². The second kappa shape index (κ2) is 7.39. The Bertz CT molecular complexity index is 880. The molecule has 1 aliphatic rings. The van der Waals surface area contributed by atoms with E-state index in [1.54, 1.807) is 11.6 Å². The lowest BCUT2D eigenvalue weighted by Crippen LogP contribution is -2.40. The number of para-hydroxylation sites is 1. The maximum absolute atomic E-state index is 12.4. The van der Waals surface area contributed by atoms with Crippen LogP contribution in [-0.2, 0) is 0 Å². The van der Waals surface area contributed by atoms with Crippen molar-refractivity contribution in [3.05, 3.63) is 53.8 Å². The summed E-state index contributed by atoms with van der Waals surface area (Å²) in [6.07, 6.45) is 7.51. The standard InChI is InChI=1S/C19H21N5OS/c20-14-6-8-15(9-7-14)22-18(25)17-12-26-19(23-17)13-10-21-24(11-13)16-4-2-1-3-5-16/h1-5,10-12,14-15H,6-9,20H2,(H,22,25). The van der Waals surface area contributed by atoms with Gasteiger partial charge in [-0.05, 0) is 37.8 Å². The van der Waals surface area contributed by atoms with Crippen LogP contribution in [0.5, 0.6) is 0 Å². The fraction of sp³-hybridized carbons (Fsp3) is 0.316. The lowest BCUT2D eigenvalue weighted by atomic mass is 9.92.